The van der Waals surface area contributed by atoms with E-state index >= 15 is 0 Å². The van der Waals surface area contributed by atoms with Gasteiger partial charge in [0, 0.05) is 13.3 Å². The lowest BCUT2D eigenvalue weighted by molar-refractivity contribution is 0.702. The quantitative estimate of drug-likeness (QED) is 0.101. The Bertz CT molecular complexity index is 954. The number of unbranched alkanes of at least 4 members (excludes halogenated alkanes) is 3. The Hall–Kier alpha value is -2.87. The average molecular weight is 558 g/mol. The fourth-order valence-electron chi connectivity index (χ4n) is 3.18. The van der Waals surface area contributed by atoms with Crippen molar-refractivity contribution in [3.63, 3.8) is 0 Å². The van der Waals surface area contributed by atoms with E-state index in [1.165, 1.54) is 53.5 Å². The van der Waals surface area contributed by atoms with Crippen LogP contribution in [0.4, 0.5) is 0 Å². The summed E-state index contributed by atoms with van der Waals surface area (Å²) in [6.45, 7) is 28.2. The molecule has 0 bridgehead atoms. The molecule has 0 aliphatic heterocycles. The van der Waals surface area contributed by atoms with Crippen molar-refractivity contribution in [2.24, 2.45) is 4.99 Å². The first-order valence-electron chi connectivity index (χ1n) is 15.6. The second-order valence-corrected chi connectivity index (χ2v) is 9.12. The van der Waals surface area contributed by atoms with Crippen LogP contribution in [0.1, 0.15) is 119 Å². The van der Waals surface area contributed by atoms with Gasteiger partial charge >= 0.3 is 0 Å². The van der Waals surface area contributed by atoms with E-state index < -0.39 is 0 Å². The maximum Gasteiger partial charge on any atom is 0.116 e. The van der Waals surface area contributed by atoms with Crippen LogP contribution in [0.5, 0.6) is 0 Å². The van der Waals surface area contributed by atoms with Crippen molar-refractivity contribution < 1.29 is 0 Å². The Labute approximate surface area is 259 Å². The van der Waals surface area contributed by atoms with Crippen molar-refractivity contribution >= 4 is 19.6 Å². The van der Waals surface area contributed by atoms with Gasteiger partial charge in [-0.15, -0.1) is 6.58 Å². The van der Waals surface area contributed by atoms with Crippen LogP contribution in [-0.4, -0.2) is 21.1 Å². The molecule has 0 heterocycles. The van der Waals surface area contributed by atoms with Crippen LogP contribution in [0.15, 0.2) is 101 Å². The number of allylic oxidation sites excluding steroid dienone is 7. The Morgan fingerprint density at radius 3 is 1.63 bits per heavy atom. The lowest BCUT2D eigenvalue weighted by Crippen LogP contribution is -1.91. The number of nitrogens with zero attached hydrogens (tertiary/aromatic N) is 1. The molecule has 0 aliphatic rings. The van der Waals surface area contributed by atoms with Gasteiger partial charge in [-0.2, -0.15) is 0 Å². The first kappa shape index (κ1) is 45.1. The summed E-state index contributed by atoms with van der Waals surface area (Å²) in [6.07, 6.45) is 14.4. The zero-order valence-electron chi connectivity index (χ0n) is 29.3. The van der Waals surface area contributed by atoms with Gasteiger partial charge in [-0.25, -0.2) is 0 Å². The molecule has 0 amide bonds. The van der Waals surface area contributed by atoms with Crippen molar-refractivity contribution in [2.75, 3.05) is 7.05 Å². The molecule has 0 saturated carbocycles. The van der Waals surface area contributed by atoms with Gasteiger partial charge in [-0.05, 0) is 63.3 Å². The van der Waals surface area contributed by atoms with E-state index in [4.69, 9.17) is 7.85 Å². The third-order valence-corrected chi connectivity index (χ3v) is 5.20. The fraction of sp³-hybridized carbons (Fsp3) is 0.462. The third-order valence-electron chi connectivity index (χ3n) is 5.20. The van der Waals surface area contributed by atoms with Gasteiger partial charge < -0.3 is 0 Å². The monoisotopic (exact) mass is 558 g/mol. The molecule has 0 saturated heterocycles. The summed E-state index contributed by atoms with van der Waals surface area (Å²) >= 11 is 0. The molecule has 0 aromatic heterocycles. The second-order valence-electron chi connectivity index (χ2n) is 9.12. The van der Waals surface area contributed by atoms with Gasteiger partial charge in [-0.1, -0.05) is 164 Å². The Kier molecular flexibility index (Phi) is 38.7. The number of rotatable bonds is 8. The van der Waals surface area contributed by atoms with Crippen molar-refractivity contribution in [1.29, 1.82) is 0 Å². The Morgan fingerprint density at radius 2 is 1.27 bits per heavy atom. The van der Waals surface area contributed by atoms with E-state index in [1.807, 2.05) is 47.6 Å². The van der Waals surface area contributed by atoms with Gasteiger partial charge in [0.05, 0.1) is 0 Å². The third kappa shape index (κ3) is 28.5. The average Bonchev–Trinajstić information content (AvgIpc) is 2.99. The topological polar surface area (TPSA) is 12.4 Å². The molecule has 2 heteroatoms. The molecule has 2 aromatic carbocycles. The van der Waals surface area contributed by atoms with E-state index in [9.17, 15) is 0 Å². The molecular formula is C39H64BN. The van der Waals surface area contributed by atoms with E-state index in [-0.39, 0.29) is 0 Å². The first-order valence-corrected chi connectivity index (χ1v) is 15.6. The van der Waals surface area contributed by atoms with Gasteiger partial charge in [0.2, 0.25) is 0 Å². The van der Waals surface area contributed by atoms with Crippen LogP contribution in [0.25, 0.3) is 5.57 Å². The van der Waals surface area contributed by atoms with E-state index in [2.05, 4.69) is 114 Å². The predicted molar refractivity (Wildman–Crippen MR) is 196 cm³/mol. The summed E-state index contributed by atoms with van der Waals surface area (Å²) in [5.41, 5.74) is 8.05. The summed E-state index contributed by atoms with van der Waals surface area (Å²) < 4.78 is 0. The zero-order valence-corrected chi connectivity index (χ0v) is 29.3. The highest BCUT2D eigenvalue weighted by molar-refractivity contribution is 6.33. The number of aryl methyl sites for hydroxylation is 2. The van der Waals surface area contributed by atoms with E-state index in [0.717, 1.165) is 12.0 Å². The SMILES string of the molecule is C=CC.CC.CC.CCCCCC.CCc1ccccc1.[B]/C(C=NC)=C(C)\C=C(/C=C(C)C)c1ccccc1C. The normalized spacial score (nSPS) is 10.2. The molecule has 0 atom stereocenters. The maximum absolute atomic E-state index is 5.99. The van der Waals surface area contributed by atoms with Crippen molar-refractivity contribution in [3.05, 3.63) is 113 Å². The number of hydrogen-bond acceptors (Lipinski definition) is 1. The predicted octanol–water partition coefficient (Wildman–Crippen LogP) is 12.6. The van der Waals surface area contributed by atoms with Gasteiger partial charge in [-0.3, -0.25) is 4.99 Å². The van der Waals surface area contributed by atoms with Crippen LogP contribution in [0.3, 0.4) is 0 Å². The van der Waals surface area contributed by atoms with Crippen LogP contribution < -0.4 is 0 Å². The molecule has 41 heavy (non-hydrogen) atoms. The van der Waals surface area contributed by atoms with Gasteiger partial charge in [0.25, 0.3) is 0 Å². The lowest BCUT2D eigenvalue weighted by Gasteiger charge is -2.09. The summed E-state index contributed by atoms with van der Waals surface area (Å²) in [7, 11) is 7.71. The highest BCUT2D eigenvalue weighted by atomic mass is 14.6. The molecule has 0 unspecified atom stereocenters. The fourth-order valence-corrected chi connectivity index (χ4v) is 3.18. The molecular weight excluding hydrogens is 493 g/mol. The second kappa shape index (κ2) is 35.2. The van der Waals surface area contributed by atoms with Crippen LogP contribution in [-0.2, 0) is 6.42 Å². The molecule has 0 spiro atoms. The summed E-state index contributed by atoms with van der Waals surface area (Å²) in [4.78, 5) is 3.96. The highest BCUT2D eigenvalue weighted by Crippen LogP contribution is 2.23. The molecule has 0 N–H and O–H groups in total. The molecule has 0 fully saturated rings. The van der Waals surface area contributed by atoms with Crippen LogP contribution >= 0.6 is 0 Å². The standard InChI is InChI=1S/C18H22BN.C8H10.C6H14.C3H6.2C2H6/c1-13(2)10-16(11-15(4)18(19)12-20-5)17-9-7-6-8-14(17)3;1-2-8-6-4-3-5-7-8;1-3-5-6-4-2;1-3-2;2*1-2/h6-12H,1-5H3;3-7H,2H2,1H3;3-6H2,1-2H3;3H,1H2,2H3;2*1-2H3/b16-11+,18-15-,20-12?;;;;;. The number of hydrogen-bond donors (Lipinski definition) is 0. The molecule has 0 aliphatic carbocycles. The number of aliphatic imine (C=N–C) groups is 1. The highest BCUT2D eigenvalue weighted by Gasteiger charge is 2.03. The molecule has 2 rings (SSSR count). The minimum atomic E-state index is 0.695. The molecule has 2 radical (unpaired) electrons. The van der Waals surface area contributed by atoms with Crippen LogP contribution in [0, 0.1) is 6.92 Å². The van der Waals surface area contributed by atoms with Crippen molar-refractivity contribution in [2.45, 2.75) is 115 Å². The number of benzene rings is 2. The smallest absolute Gasteiger partial charge is 0.116 e. The molecule has 2 aromatic rings. The van der Waals surface area contributed by atoms with E-state index in [1.54, 1.807) is 19.3 Å². The summed E-state index contributed by atoms with van der Waals surface area (Å²) in [6, 6.07) is 18.8. The first-order chi connectivity index (χ1) is 19.7. The minimum Gasteiger partial charge on any atom is -0.297 e. The van der Waals surface area contributed by atoms with Crippen molar-refractivity contribution in [1.82, 2.24) is 0 Å². The van der Waals surface area contributed by atoms with Crippen molar-refractivity contribution in [3.8, 4) is 0 Å². The Morgan fingerprint density at radius 1 is 0.805 bits per heavy atom. The molecule has 1 nitrogen and oxygen atoms in total. The Balaban J connectivity index is -0.000000267. The van der Waals surface area contributed by atoms with Crippen LogP contribution in [0.2, 0.25) is 0 Å². The molecule has 228 valence electrons. The minimum absolute atomic E-state index is 0.695. The maximum atomic E-state index is 5.99. The summed E-state index contributed by atoms with van der Waals surface area (Å²) in [5.74, 6) is 0. The van der Waals surface area contributed by atoms with Gasteiger partial charge in [0.1, 0.15) is 7.85 Å². The van der Waals surface area contributed by atoms with E-state index in [0.29, 0.717) is 5.47 Å². The largest absolute Gasteiger partial charge is 0.297 e. The summed E-state index contributed by atoms with van der Waals surface area (Å²) in [5, 5.41) is 0. The lowest BCUT2D eigenvalue weighted by atomic mass is 9.89. The van der Waals surface area contributed by atoms with Gasteiger partial charge in [0.15, 0.2) is 0 Å². The zero-order chi connectivity index (χ0) is 32.5.